The fourth-order valence-corrected chi connectivity index (χ4v) is 5.51. The monoisotopic (exact) mass is 315 g/mol. The molecule has 0 radical (unpaired) electrons. The van der Waals surface area contributed by atoms with Crippen LogP contribution in [0.15, 0.2) is 16.6 Å². The molecule has 0 spiro atoms. The molecule has 1 unspecified atom stereocenters. The first-order valence-electron chi connectivity index (χ1n) is 6.53. The Morgan fingerprint density at radius 1 is 1.60 bits per heavy atom. The van der Waals surface area contributed by atoms with E-state index in [1.165, 1.54) is 11.3 Å². The van der Waals surface area contributed by atoms with Crippen LogP contribution in [0.4, 0.5) is 5.82 Å². The minimum absolute atomic E-state index is 0.0646. The number of hydrogen-bond donors (Lipinski definition) is 2. The number of nitrogens with one attached hydrogen (secondary N) is 1. The molecule has 3 heterocycles. The molecule has 1 aliphatic rings. The number of imidazole rings is 1. The molecule has 1 fully saturated rings. The summed E-state index contributed by atoms with van der Waals surface area (Å²) in [4.78, 5) is 4.83. The van der Waals surface area contributed by atoms with Gasteiger partial charge in [-0.15, -0.1) is 11.3 Å². The molecule has 110 valence electrons. The van der Waals surface area contributed by atoms with E-state index in [-0.39, 0.29) is 16.9 Å². The number of aromatic nitrogens is 2. The van der Waals surface area contributed by atoms with Gasteiger partial charge in [-0.1, -0.05) is 6.92 Å². The fraction of sp³-hybridized carbons (Fsp3) is 0.545. The zero-order valence-corrected chi connectivity index (χ0v) is 12.7. The Balaban J connectivity index is 2.15. The molecular weight excluding hydrogens is 298 g/mol. The highest BCUT2D eigenvalue weighted by Crippen LogP contribution is 2.32. The van der Waals surface area contributed by atoms with Crippen molar-refractivity contribution < 1.29 is 8.42 Å². The lowest BCUT2D eigenvalue weighted by Crippen LogP contribution is -2.36. The Labute approximate surface area is 121 Å². The minimum atomic E-state index is -3.60. The van der Waals surface area contributed by atoms with E-state index in [9.17, 15) is 8.42 Å². The Hall–Kier alpha value is -1.16. The number of nitrogens with zero attached hydrogens (tertiary/aromatic N) is 3. The highest BCUT2D eigenvalue weighted by Gasteiger charge is 2.38. The summed E-state index contributed by atoms with van der Waals surface area (Å²) in [6.45, 7) is 2.57. The maximum atomic E-state index is 12.9. The summed E-state index contributed by atoms with van der Waals surface area (Å²) in [5.74, 6) is 5.64. The van der Waals surface area contributed by atoms with E-state index in [1.54, 1.807) is 14.9 Å². The Morgan fingerprint density at radius 3 is 3.10 bits per heavy atom. The predicted molar refractivity (Wildman–Crippen MR) is 78.1 cm³/mol. The normalized spacial score (nSPS) is 20.8. The predicted octanol–water partition coefficient (Wildman–Crippen LogP) is 1.24. The molecule has 0 saturated carbocycles. The van der Waals surface area contributed by atoms with Crippen LogP contribution in [0.2, 0.25) is 0 Å². The molecule has 1 atom stereocenters. The van der Waals surface area contributed by atoms with Gasteiger partial charge in [0.1, 0.15) is 0 Å². The van der Waals surface area contributed by atoms with Crippen LogP contribution in [0.5, 0.6) is 0 Å². The second-order valence-corrected chi connectivity index (χ2v) is 7.46. The van der Waals surface area contributed by atoms with Gasteiger partial charge in [-0.2, -0.15) is 9.29 Å². The van der Waals surface area contributed by atoms with Crippen LogP contribution in [0.25, 0.3) is 4.96 Å². The third kappa shape index (κ3) is 1.93. The number of nitrogen functional groups attached to an aromatic ring is 1. The van der Waals surface area contributed by atoms with E-state index >= 15 is 0 Å². The Kier molecular flexibility index (Phi) is 3.44. The number of nitrogens with two attached hydrogens (primary N) is 1. The van der Waals surface area contributed by atoms with Gasteiger partial charge >= 0.3 is 0 Å². The first-order valence-corrected chi connectivity index (χ1v) is 8.85. The fourth-order valence-electron chi connectivity index (χ4n) is 2.75. The SMILES string of the molecule is CCC1CCCN1S(=O)(=O)c1c(NN)nc2sccn12. The van der Waals surface area contributed by atoms with Crippen LogP contribution in [0.1, 0.15) is 26.2 Å². The lowest BCUT2D eigenvalue weighted by atomic mass is 10.2. The van der Waals surface area contributed by atoms with Crippen molar-refractivity contribution >= 4 is 32.1 Å². The summed E-state index contributed by atoms with van der Waals surface area (Å²) < 4.78 is 29.0. The molecule has 2 aromatic rings. The number of hydrogen-bond acceptors (Lipinski definition) is 6. The number of anilines is 1. The van der Waals surface area contributed by atoms with Crippen molar-refractivity contribution in [2.45, 2.75) is 37.3 Å². The Morgan fingerprint density at radius 2 is 2.40 bits per heavy atom. The van der Waals surface area contributed by atoms with Crippen molar-refractivity contribution in [1.82, 2.24) is 13.7 Å². The molecule has 3 N–H and O–H groups in total. The number of rotatable bonds is 4. The number of fused-ring (bicyclic) bond motifs is 1. The van der Waals surface area contributed by atoms with Crippen molar-refractivity contribution in [2.24, 2.45) is 5.84 Å². The first kappa shape index (κ1) is 13.8. The maximum absolute atomic E-state index is 12.9. The van der Waals surface area contributed by atoms with Crippen molar-refractivity contribution in [1.29, 1.82) is 0 Å². The van der Waals surface area contributed by atoms with Gasteiger partial charge in [-0.3, -0.25) is 4.40 Å². The average molecular weight is 315 g/mol. The van der Waals surface area contributed by atoms with E-state index < -0.39 is 10.0 Å². The van der Waals surface area contributed by atoms with Crippen molar-refractivity contribution in [2.75, 3.05) is 12.0 Å². The van der Waals surface area contributed by atoms with Crippen LogP contribution in [-0.4, -0.2) is 34.7 Å². The van der Waals surface area contributed by atoms with Gasteiger partial charge in [0.2, 0.25) is 5.03 Å². The molecule has 0 aliphatic carbocycles. The molecule has 0 aromatic carbocycles. The van der Waals surface area contributed by atoms with E-state index in [2.05, 4.69) is 10.4 Å². The largest absolute Gasteiger partial charge is 0.306 e. The third-order valence-corrected chi connectivity index (χ3v) is 6.44. The van der Waals surface area contributed by atoms with E-state index in [0.29, 0.717) is 11.5 Å². The summed E-state index contributed by atoms with van der Waals surface area (Å²) >= 11 is 1.38. The average Bonchev–Trinajstić information content (AvgIpc) is 3.12. The zero-order chi connectivity index (χ0) is 14.3. The zero-order valence-electron chi connectivity index (χ0n) is 11.1. The number of thiazole rings is 1. The summed E-state index contributed by atoms with van der Waals surface area (Å²) in [5, 5.41) is 1.94. The van der Waals surface area contributed by atoms with Gasteiger partial charge in [-0.25, -0.2) is 14.3 Å². The molecule has 1 saturated heterocycles. The maximum Gasteiger partial charge on any atom is 0.263 e. The van der Waals surface area contributed by atoms with Gasteiger partial charge in [0.05, 0.1) is 0 Å². The highest BCUT2D eigenvalue weighted by molar-refractivity contribution is 7.89. The van der Waals surface area contributed by atoms with Gasteiger partial charge < -0.3 is 5.43 Å². The van der Waals surface area contributed by atoms with Gasteiger partial charge in [0.25, 0.3) is 10.0 Å². The second-order valence-electron chi connectivity index (χ2n) is 4.79. The van der Waals surface area contributed by atoms with Crippen LogP contribution >= 0.6 is 11.3 Å². The standard InChI is InChI=1S/C11H17N5O2S2/c1-2-8-4-3-5-16(8)20(17,18)10-9(14-12)13-11-15(10)6-7-19-11/h6-8,14H,2-5,12H2,1H3. The summed E-state index contributed by atoms with van der Waals surface area (Å²) in [7, 11) is -3.60. The van der Waals surface area contributed by atoms with Crippen LogP contribution in [-0.2, 0) is 10.0 Å². The molecule has 9 heteroatoms. The molecule has 0 amide bonds. The molecule has 3 rings (SSSR count). The lowest BCUT2D eigenvalue weighted by molar-refractivity contribution is 0.378. The smallest absolute Gasteiger partial charge is 0.263 e. The topological polar surface area (TPSA) is 92.7 Å². The van der Waals surface area contributed by atoms with Crippen LogP contribution in [0, 0.1) is 0 Å². The Bertz CT molecular complexity index is 720. The first-order chi connectivity index (χ1) is 9.59. The highest BCUT2D eigenvalue weighted by atomic mass is 32.2. The van der Waals surface area contributed by atoms with Crippen molar-refractivity contribution in [3.8, 4) is 0 Å². The van der Waals surface area contributed by atoms with Crippen molar-refractivity contribution in [3.05, 3.63) is 11.6 Å². The van der Waals surface area contributed by atoms with Gasteiger partial charge in [-0.05, 0) is 19.3 Å². The van der Waals surface area contributed by atoms with Gasteiger partial charge in [0.15, 0.2) is 10.8 Å². The molecular formula is C11H17N5O2S2. The second kappa shape index (κ2) is 4.99. The third-order valence-electron chi connectivity index (χ3n) is 3.70. The van der Waals surface area contributed by atoms with E-state index in [0.717, 1.165) is 19.3 Å². The van der Waals surface area contributed by atoms with E-state index in [4.69, 9.17) is 5.84 Å². The quantitative estimate of drug-likeness (QED) is 0.654. The molecule has 7 nitrogen and oxygen atoms in total. The van der Waals surface area contributed by atoms with Gasteiger partial charge in [0, 0.05) is 24.2 Å². The number of hydrazine groups is 1. The molecule has 1 aliphatic heterocycles. The molecule has 2 aromatic heterocycles. The number of sulfonamides is 1. The summed E-state index contributed by atoms with van der Waals surface area (Å²) in [5.41, 5.74) is 2.40. The van der Waals surface area contributed by atoms with Crippen LogP contribution in [0.3, 0.4) is 0 Å². The van der Waals surface area contributed by atoms with Crippen molar-refractivity contribution in [3.63, 3.8) is 0 Å². The summed E-state index contributed by atoms with van der Waals surface area (Å²) in [6.07, 6.45) is 4.33. The lowest BCUT2D eigenvalue weighted by Gasteiger charge is -2.22. The molecule has 0 bridgehead atoms. The van der Waals surface area contributed by atoms with Crippen LogP contribution < -0.4 is 11.3 Å². The molecule has 20 heavy (non-hydrogen) atoms. The minimum Gasteiger partial charge on any atom is -0.306 e. The summed E-state index contributed by atoms with van der Waals surface area (Å²) in [6, 6.07) is 0.0646. The van der Waals surface area contributed by atoms with E-state index in [1.807, 2.05) is 12.3 Å².